The zero-order valence-corrected chi connectivity index (χ0v) is 17.3. The summed E-state index contributed by atoms with van der Waals surface area (Å²) in [5.74, 6) is 1.52. The molecule has 1 atom stereocenters. The number of fused-ring (bicyclic) bond motifs is 1. The molecule has 0 fully saturated rings. The molecule has 1 aliphatic rings. The summed E-state index contributed by atoms with van der Waals surface area (Å²) in [6.07, 6.45) is 3.16. The lowest BCUT2D eigenvalue weighted by Crippen LogP contribution is -2.30. The number of aromatic nitrogens is 3. The van der Waals surface area contributed by atoms with E-state index in [2.05, 4.69) is 15.4 Å². The van der Waals surface area contributed by atoms with E-state index in [1.807, 2.05) is 19.9 Å². The van der Waals surface area contributed by atoms with E-state index in [0.29, 0.717) is 46.6 Å². The first-order chi connectivity index (χ1) is 14.1. The van der Waals surface area contributed by atoms with Gasteiger partial charge in [0.15, 0.2) is 11.5 Å². The van der Waals surface area contributed by atoms with E-state index >= 15 is 0 Å². The number of esters is 1. The van der Waals surface area contributed by atoms with E-state index in [-0.39, 0.29) is 0 Å². The van der Waals surface area contributed by atoms with E-state index in [1.165, 1.54) is 13.4 Å². The van der Waals surface area contributed by atoms with Crippen molar-refractivity contribution in [3.63, 3.8) is 0 Å². The summed E-state index contributed by atoms with van der Waals surface area (Å²) in [5, 5.41) is 7.45. The van der Waals surface area contributed by atoms with Crippen LogP contribution in [-0.2, 0) is 9.53 Å². The normalized spacial score (nSPS) is 15.4. The topological polar surface area (TPSA) is 96.7 Å². The third-order valence-electron chi connectivity index (χ3n) is 4.77. The van der Waals surface area contributed by atoms with Gasteiger partial charge in [-0.2, -0.15) is 10.1 Å². The van der Waals surface area contributed by atoms with Crippen molar-refractivity contribution in [1.29, 1.82) is 0 Å². The molecular formula is C20H26N4O5. The zero-order valence-electron chi connectivity index (χ0n) is 17.3. The first-order valence-electron chi connectivity index (χ1n) is 9.40. The van der Waals surface area contributed by atoms with Gasteiger partial charge in [-0.05, 0) is 25.5 Å². The summed E-state index contributed by atoms with van der Waals surface area (Å²) in [6, 6.07) is 3.00. The quantitative estimate of drug-likeness (QED) is 0.532. The zero-order chi connectivity index (χ0) is 21.0. The Labute approximate surface area is 169 Å². The number of unbranched alkanes of at least 4 members (excludes halogenated alkanes) is 1. The smallest absolute Gasteiger partial charge is 0.338 e. The molecule has 0 spiro atoms. The Morgan fingerprint density at radius 3 is 2.59 bits per heavy atom. The number of hydrogen-bond donors (Lipinski definition) is 1. The van der Waals surface area contributed by atoms with Gasteiger partial charge in [-0.3, -0.25) is 0 Å². The minimum atomic E-state index is -0.599. The average Bonchev–Trinajstić information content (AvgIpc) is 3.19. The predicted octanol–water partition coefficient (Wildman–Crippen LogP) is 2.94. The molecule has 1 N–H and O–H groups in total. The van der Waals surface area contributed by atoms with Gasteiger partial charge in [0.1, 0.15) is 12.4 Å². The molecule has 0 saturated carbocycles. The second kappa shape index (κ2) is 8.85. The van der Waals surface area contributed by atoms with Crippen LogP contribution in [0.25, 0.3) is 0 Å². The van der Waals surface area contributed by atoms with Gasteiger partial charge in [-0.25, -0.2) is 9.48 Å². The summed E-state index contributed by atoms with van der Waals surface area (Å²) in [4.78, 5) is 17.2. The Kier molecular flexibility index (Phi) is 6.26. The molecular weight excluding hydrogens is 376 g/mol. The maximum absolute atomic E-state index is 13.0. The standard InChI is InChI=1S/C20H26N4O5/c1-6-7-10-29-19(25)15-12(2)23-20-21-11-22-24(20)16(15)13-8-9-14(26-3)18(28-5)17(13)27-4/h8-9,11,16H,6-7,10H2,1-5H3,(H,21,22,23)/t16-/m1/s1. The monoisotopic (exact) mass is 402 g/mol. The van der Waals surface area contributed by atoms with Crippen molar-refractivity contribution >= 4 is 11.9 Å². The van der Waals surface area contributed by atoms with Crippen LogP contribution in [-0.4, -0.2) is 48.7 Å². The van der Waals surface area contributed by atoms with Gasteiger partial charge in [0, 0.05) is 11.3 Å². The number of carbonyl (C=O) groups is 1. The lowest BCUT2D eigenvalue weighted by Gasteiger charge is -2.29. The van der Waals surface area contributed by atoms with Crippen LogP contribution in [0.15, 0.2) is 29.7 Å². The second-order valence-corrected chi connectivity index (χ2v) is 6.51. The molecule has 0 unspecified atom stereocenters. The number of carbonyl (C=O) groups excluding carboxylic acids is 1. The van der Waals surface area contributed by atoms with Crippen LogP contribution < -0.4 is 19.5 Å². The fourth-order valence-corrected chi connectivity index (χ4v) is 3.37. The van der Waals surface area contributed by atoms with Gasteiger partial charge < -0.3 is 24.3 Å². The minimum absolute atomic E-state index is 0.353. The van der Waals surface area contributed by atoms with E-state index < -0.39 is 12.0 Å². The molecule has 0 radical (unpaired) electrons. The Bertz CT molecular complexity index is 922. The molecule has 0 saturated heterocycles. The Balaban J connectivity index is 2.15. The summed E-state index contributed by atoms with van der Waals surface area (Å²) < 4.78 is 23.7. The lowest BCUT2D eigenvalue weighted by molar-refractivity contribution is -0.139. The number of hydrogen-bond acceptors (Lipinski definition) is 8. The molecule has 0 amide bonds. The molecule has 9 heteroatoms. The van der Waals surface area contributed by atoms with Crippen LogP contribution in [0.1, 0.15) is 38.3 Å². The van der Waals surface area contributed by atoms with E-state index in [0.717, 1.165) is 12.8 Å². The number of anilines is 1. The molecule has 1 aliphatic heterocycles. The third kappa shape index (κ3) is 3.72. The van der Waals surface area contributed by atoms with Gasteiger partial charge >= 0.3 is 5.97 Å². The molecule has 156 valence electrons. The van der Waals surface area contributed by atoms with E-state index in [4.69, 9.17) is 18.9 Å². The Morgan fingerprint density at radius 1 is 1.17 bits per heavy atom. The fourth-order valence-electron chi connectivity index (χ4n) is 3.37. The first-order valence-corrected chi connectivity index (χ1v) is 9.40. The van der Waals surface area contributed by atoms with Gasteiger partial charge in [0.05, 0.1) is 33.5 Å². The largest absolute Gasteiger partial charge is 0.493 e. The van der Waals surface area contributed by atoms with Gasteiger partial charge in [0.25, 0.3) is 0 Å². The molecule has 2 aromatic rings. The SMILES string of the molecule is CCCCOC(=O)C1=C(C)Nc2ncnn2[C@@H]1c1ccc(OC)c(OC)c1OC. The number of nitrogens with zero attached hydrogens (tertiary/aromatic N) is 3. The van der Waals surface area contributed by atoms with Crippen LogP contribution in [0.5, 0.6) is 17.2 Å². The van der Waals surface area contributed by atoms with Gasteiger partial charge in [-0.1, -0.05) is 13.3 Å². The van der Waals surface area contributed by atoms with Crippen molar-refractivity contribution in [3.05, 3.63) is 35.3 Å². The lowest BCUT2D eigenvalue weighted by atomic mass is 9.94. The highest BCUT2D eigenvalue weighted by Gasteiger charge is 2.37. The minimum Gasteiger partial charge on any atom is -0.493 e. The van der Waals surface area contributed by atoms with Crippen LogP contribution in [0.2, 0.25) is 0 Å². The first kappa shape index (κ1) is 20.5. The highest BCUT2D eigenvalue weighted by Crippen LogP contribution is 2.46. The van der Waals surface area contributed by atoms with Crippen LogP contribution in [0.3, 0.4) is 0 Å². The number of methoxy groups -OCH3 is 3. The molecule has 0 aliphatic carbocycles. The third-order valence-corrected chi connectivity index (χ3v) is 4.77. The van der Waals surface area contributed by atoms with E-state index in [9.17, 15) is 4.79 Å². The number of rotatable bonds is 8. The maximum atomic E-state index is 13.0. The average molecular weight is 402 g/mol. The maximum Gasteiger partial charge on any atom is 0.338 e. The summed E-state index contributed by atoms with van der Waals surface area (Å²) in [5.41, 5.74) is 1.76. The molecule has 1 aromatic carbocycles. The molecule has 0 bridgehead atoms. The number of allylic oxidation sites excluding steroid dienone is 1. The van der Waals surface area contributed by atoms with Crippen molar-refractivity contribution in [2.45, 2.75) is 32.7 Å². The van der Waals surface area contributed by atoms with Crippen molar-refractivity contribution in [3.8, 4) is 17.2 Å². The number of nitrogens with one attached hydrogen (secondary N) is 1. The highest BCUT2D eigenvalue weighted by atomic mass is 16.5. The van der Waals surface area contributed by atoms with Crippen molar-refractivity contribution in [2.75, 3.05) is 33.3 Å². The summed E-state index contributed by atoms with van der Waals surface area (Å²) >= 11 is 0. The Hall–Kier alpha value is -3.23. The van der Waals surface area contributed by atoms with Crippen LogP contribution in [0.4, 0.5) is 5.95 Å². The Morgan fingerprint density at radius 2 is 1.93 bits per heavy atom. The van der Waals surface area contributed by atoms with Gasteiger partial charge in [0.2, 0.25) is 11.7 Å². The fraction of sp³-hybridized carbons (Fsp3) is 0.450. The van der Waals surface area contributed by atoms with Crippen molar-refractivity contribution < 1.29 is 23.7 Å². The van der Waals surface area contributed by atoms with Crippen molar-refractivity contribution in [2.24, 2.45) is 0 Å². The molecule has 3 rings (SSSR count). The number of benzene rings is 1. The molecule has 9 nitrogen and oxygen atoms in total. The van der Waals surface area contributed by atoms with Crippen LogP contribution in [0, 0.1) is 0 Å². The van der Waals surface area contributed by atoms with Gasteiger partial charge in [-0.15, -0.1) is 0 Å². The molecule has 1 aromatic heterocycles. The van der Waals surface area contributed by atoms with Crippen molar-refractivity contribution in [1.82, 2.24) is 14.8 Å². The number of ether oxygens (including phenoxy) is 4. The van der Waals surface area contributed by atoms with E-state index in [1.54, 1.807) is 25.0 Å². The molecule has 2 heterocycles. The second-order valence-electron chi connectivity index (χ2n) is 6.51. The predicted molar refractivity (Wildman–Crippen MR) is 106 cm³/mol. The highest BCUT2D eigenvalue weighted by molar-refractivity contribution is 5.92. The molecule has 29 heavy (non-hydrogen) atoms. The van der Waals surface area contributed by atoms with Crippen LogP contribution >= 0.6 is 0 Å². The summed E-state index contributed by atoms with van der Waals surface area (Å²) in [7, 11) is 4.63. The summed E-state index contributed by atoms with van der Waals surface area (Å²) in [6.45, 7) is 4.21.